The molecule has 7 nitrogen and oxygen atoms in total. The van der Waals surface area contributed by atoms with Gasteiger partial charge in [-0.2, -0.15) is 0 Å². The molecule has 8 heteroatoms. The van der Waals surface area contributed by atoms with Crippen LogP contribution in [0, 0.1) is 16.0 Å². The number of nitrogens with two attached hydrogens (primary N) is 1. The van der Waals surface area contributed by atoms with Crippen LogP contribution in [-0.4, -0.2) is 28.9 Å². The Bertz CT molecular complexity index is 523. The van der Waals surface area contributed by atoms with Gasteiger partial charge in [0.1, 0.15) is 4.47 Å². The molecule has 1 fully saturated rings. The highest BCUT2D eigenvalue weighted by atomic mass is 79.9. The van der Waals surface area contributed by atoms with Crippen LogP contribution < -0.4 is 10.6 Å². The number of nitrogens with zero attached hydrogens (tertiary/aromatic N) is 3. The Morgan fingerprint density at radius 1 is 1.63 bits per heavy atom. The molecule has 0 spiro atoms. The van der Waals surface area contributed by atoms with Gasteiger partial charge < -0.3 is 20.7 Å². The van der Waals surface area contributed by atoms with E-state index in [9.17, 15) is 14.9 Å². The fourth-order valence-electron chi connectivity index (χ4n) is 2.17. The van der Waals surface area contributed by atoms with Crippen molar-refractivity contribution in [3.8, 4) is 0 Å². The number of piperidine rings is 1. The number of amides is 1. The van der Waals surface area contributed by atoms with Crippen LogP contribution in [0.3, 0.4) is 0 Å². The van der Waals surface area contributed by atoms with Gasteiger partial charge in [0.25, 0.3) is 0 Å². The maximum Gasteiger partial charge on any atom is 0.377 e. The molecule has 1 aromatic rings. The molecule has 1 aromatic heterocycles. The number of anilines is 1. The Labute approximate surface area is 118 Å². The minimum absolute atomic E-state index is 0.178. The number of aromatic nitrogens is 1. The first kappa shape index (κ1) is 13.7. The van der Waals surface area contributed by atoms with E-state index < -0.39 is 4.92 Å². The molecule has 0 aliphatic carbocycles. The summed E-state index contributed by atoms with van der Waals surface area (Å²) in [6, 6.07) is 1.65. The molecule has 1 aliphatic heterocycles. The van der Waals surface area contributed by atoms with E-state index >= 15 is 0 Å². The predicted molar refractivity (Wildman–Crippen MR) is 72.7 cm³/mol. The zero-order chi connectivity index (χ0) is 14.0. The van der Waals surface area contributed by atoms with Crippen molar-refractivity contribution >= 4 is 33.3 Å². The largest absolute Gasteiger partial charge is 0.377 e. The summed E-state index contributed by atoms with van der Waals surface area (Å²) in [4.78, 5) is 27.2. The SMILES string of the molecule is NC(=O)C1CCCN(c2cnc([N+](=O)[O-])c(Br)c2)C1. The third-order valence-electron chi connectivity index (χ3n) is 3.17. The van der Waals surface area contributed by atoms with Crippen LogP contribution in [0.4, 0.5) is 11.5 Å². The van der Waals surface area contributed by atoms with Crippen molar-refractivity contribution < 1.29 is 9.72 Å². The minimum atomic E-state index is -0.545. The van der Waals surface area contributed by atoms with E-state index in [4.69, 9.17) is 5.73 Å². The van der Waals surface area contributed by atoms with Gasteiger partial charge in [0.05, 0.1) is 11.6 Å². The molecule has 102 valence electrons. The zero-order valence-corrected chi connectivity index (χ0v) is 11.7. The smallest absolute Gasteiger partial charge is 0.369 e. The number of carbonyl (C=O) groups excluding carboxylic acids is 1. The molecule has 1 amide bonds. The van der Waals surface area contributed by atoms with E-state index in [0.717, 1.165) is 25.1 Å². The fraction of sp³-hybridized carbons (Fsp3) is 0.455. The molecule has 1 atom stereocenters. The first-order valence-corrected chi connectivity index (χ1v) is 6.62. The van der Waals surface area contributed by atoms with Crippen molar-refractivity contribution in [2.45, 2.75) is 12.8 Å². The number of hydrogen-bond acceptors (Lipinski definition) is 5. The van der Waals surface area contributed by atoms with Gasteiger partial charge in [-0.05, 0) is 44.7 Å². The third kappa shape index (κ3) is 3.01. The van der Waals surface area contributed by atoms with Crippen molar-refractivity contribution in [1.82, 2.24) is 4.98 Å². The van der Waals surface area contributed by atoms with Crippen molar-refractivity contribution in [1.29, 1.82) is 0 Å². The molecule has 0 radical (unpaired) electrons. The summed E-state index contributed by atoms with van der Waals surface area (Å²) in [5, 5.41) is 10.7. The first-order chi connectivity index (χ1) is 8.99. The molecule has 19 heavy (non-hydrogen) atoms. The molecular weight excluding hydrogens is 316 g/mol. The summed E-state index contributed by atoms with van der Waals surface area (Å²) in [6.45, 7) is 1.32. The molecule has 0 bridgehead atoms. The Kier molecular flexibility index (Phi) is 3.98. The maximum atomic E-state index is 11.2. The molecule has 1 saturated heterocycles. The Morgan fingerprint density at radius 3 is 2.95 bits per heavy atom. The summed E-state index contributed by atoms with van der Waals surface area (Å²) in [5.74, 6) is -0.700. The summed E-state index contributed by atoms with van der Waals surface area (Å²) >= 11 is 3.14. The van der Waals surface area contributed by atoms with E-state index in [1.165, 1.54) is 6.20 Å². The quantitative estimate of drug-likeness (QED) is 0.668. The van der Waals surface area contributed by atoms with Crippen molar-refractivity contribution in [3.05, 3.63) is 26.9 Å². The third-order valence-corrected chi connectivity index (χ3v) is 3.75. The minimum Gasteiger partial charge on any atom is -0.369 e. The van der Waals surface area contributed by atoms with E-state index in [-0.39, 0.29) is 17.6 Å². The fourth-order valence-corrected chi connectivity index (χ4v) is 2.65. The van der Waals surface area contributed by atoms with Crippen LogP contribution in [0.1, 0.15) is 12.8 Å². The second-order valence-electron chi connectivity index (χ2n) is 4.44. The van der Waals surface area contributed by atoms with Gasteiger partial charge in [0.2, 0.25) is 5.91 Å². The first-order valence-electron chi connectivity index (χ1n) is 5.83. The van der Waals surface area contributed by atoms with Crippen molar-refractivity contribution in [2.75, 3.05) is 18.0 Å². The van der Waals surface area contributed by atoms with E-state index in [1.807, 2.05) is 4.90 Å². The summed E-state index contributed by atoms with van der Waals surface area (Å²) < 4.78 is 0.330. The lowest BCUT2D eigenvalue weighted by Crippen LogP contribution is -2.41. The number of carbonyl (C=O) groups is 1. The second kappa shape index (κ2) is 5.52. The van der Waals surface area contributed by atoms with Gasteiger partial charge in [-0.25, -0.2) is 0 Å². The average molecular weight is 329 g/mol. The maximum absolute atomic E-state index is 11.2. The highest BCUT2D eigenvalue weighted by Gasteiger charge is 2.26. The van der Waals surface area contributed by atoms with Gasteiger partial charge in [-0.3, -0.25) is 4.79 Å². The topological polar surface area (TPSA) is 102 Å². The predicted octanol–water partition coefficient (Wildman–Crippen LogP) is 1.45. The van der Waals surface area contributed by atoms with Crippen LogP contribution in [0.25, 0.3) is 0 Å². The molecular formula is C11H13BrN4O3. The summed E-state index contributed by atoms with van der Waals surface area (Å²) in [7, 11) is 0. The van der Waals surface area contributed by atoms with Gasteiger partial charge in [0.15, 0.2) is 6.20 Å². The van der Waals surface area contributed by atoms with Crippen molar-refractivity contribution in [2.24, 2.45) is 11.7 Å². The number of pyridine rings is 1. The summed E-state index contributed by atoms with van der Waals surface area (Å²) in [6.07, 6.45) is 3.10. The van der Waals surface area contributed by atoms with E-state index in [0.29, 0.717) is 11.0 Å². The van der Waals surface area contributed by atoms with Crippen LogP contribution in [0.5, 0.6) is 0 Å². The van der Waals surface area contributed by atoms with Gasteiger partial charge in [-0.15, -0.1) is 0 Å². The number of rotatable bonds is 3. The zero-order valence-electron chi connectivity index (χ0n) is 10.1. The highest BCUT2D eigenvalue weighted by Crippen LogP contribution is 2.29. The van der Waals surface area contributed by atoms with Gasteiger partial charge >= 0.3 is 5.82 Å². The van der Waals surface area contributed by atoms with Gasteiger partial charge in [0, 0.05) is 13.1 Å². The lowest BCUT2D eigenvalue weighted by atomic mass is 9.97. The van der Waals surface area contributed by atoms with Crippen LogP contribution in [0.2, 0.25) is 0 Å². The van der Waals surface area contributed by atoms with Crippen LogP contribution in [0.15, 0.2) is 16.7 Å². The number of primary amides is 1. The summed E-state index contributed by atoms with van der Waals surface area (Å²) in [5.41, 5.74) is 6.07. The Balaban J connectivity index is 2.20. The molecule has 2 heterocycles. The monoisotopic (exact) mass is 328 g/mol. The number of halogens is 1. The molecule has 1 aliphatic rings. The molecule has 2 rings (SSSR count). The number of hydrogen-bond donors (Lipinski definition) is 1. The Hall–Kier alpha value is -1.70. The van der Waals surface area contributed by atoms with E-state index in [2.05, 4.69) is 20.9 Å². The molecule has 0 aromatic carbocycles. The normalized spacial score (nSPS) is 19.2. The van der Waals surface area contributed by atoms with Crippen LogP contribution in [-0.2, 0) is 4.79 Å². The van der Waals surface area contributed by atoms with Crippen molar-refractivity contribution in [3.63, 3.8) is 0 Å². The van der Waals surface area contributed by atoms with E-state index in [1.54, 1.807) is 6.07 Å². The lowest BCUT2D eigenvalue weighted by molar-refractivity contribution is -0.390. The highest BCUT2D eigenvalue weighted by molar-refractivity contribution is 9.10. The van der Waals surface area contributed by atoms with Gasteiger partial charge in [-0.1, -0.05) is 0 Å². The average Bonchev–Trinajstić information content (AvgIpc) is 2.38. The number of nitro groups is 1. The lowest BCUT2D eigenvalue weighted by Gasteiger charge is -2.32. The second-order valence-corrected chi connectivity index (χ2v) is 5.30. The Morgan fingerprint density at radius 2 is 2.37 bits per heavy atom. The molecule has 2 N–H and O–H groups in total. The molecule has 0 saturated carbocycles. The van der Waals surface area contributed by atoms with Crippen LogP contribution >= 0.6 is 15.9 Å². The standard InChI is InChI=1S/C11H13BrN4O3/c12-9-4-8(5-14-11(9)16(18)19)15-3-1-2-7(6-15)10(13)17/h4-5,7H,1-3,6H2,(H2,13,17). The molecule has 1 unspecified atom stereocenters.